The van der Waals surface area contributed by atoms with E-state index in [0.29, 0.717) is 19.0 Å². The lowest BCUT2D eigenvalue weighted by Crippen LogP contribution is -2.30. The molecule has 9 heteroatoms. The number of benzene rings is 2. The van der Waals surface area contributed by atoms with Gasteiger partial charge in [0.15, 0.2) is 16.8 Å². The number of nitrogens with two attached hydrogens (primary N) is 1. The molecule has 0 radical (unpaired) electrons. The van der Waals surface area contributed by atoms with Crippen LogP contribution in [0.4, 0.5) is 24.5 Å². The van der Waals surface area contributed by atoms with E-state index in [9.17, 15) is 22.8 Å². The molecule has 1 aromatic heterocycles. The van der Waals surface area contributed by atoms with Gasteiger partial charge < -0.3 is 15.1 Å². The minimum atomic E-state index is -1.09. The summed E-state index contributed by atoms with van der Waals surface area (Å²) >= 11 is 2.17. The van der Waals surface area contributed by atoms with Gasteiger partial charge in [0, 0.05) is 35.6 Å². The van der Waals surface area contributed by atoms with Crippen LogP contribution in [0.15, 0.2) is 39.5 Å². The van der Waals surface area contributed by atoms with Gasteiger partial charge in [-0.15, -0.1) is 0 Å². The standard InChI is InChI=1S/C20H16F3IN2O3/c1-10(27)26(6-2-5-24)15-4-3-11(7-12(15)21)17-9-16(28)18-19(25)13(22)8-14(23)20(18)29-17/h3-4,7-9H,2,5-6,25H2,1H3. The van der Waals surface area contributed by atoms with Crippen molar-refractivity contribution in [1.82, 2.24) is 0 Å². The Labute approximate surface area is 177 Å². The van der Waals surface area contributed by atoms with E-state index in [2.05, 4.69) is 22.6 Å². The fraction of sp³-hybridized carbons (Fsp3) is 0.200. The Morgan fingerprint density at radius 2 is 1.86 bits per heavy atom. The SMILES string of the molecule is CC(=O)N(CCCI)c1ccc(-c2cc(=O)c3c(N)c(F)cc(F)c3o2)cc1F. The first-order chi connectivity index (χ1) is 13.7. The molecular formula is C20H16F3IN2O3. The molecule has 0 saturated heterocycles. The minimum Gasteiger partial charge on any atom is -0.453 e. The van der Waals surface area contributed by atoms with Crippen molar-refractivity contribution >= 4 is 50.8 Å². The van der Waals surface area contributed by atoms with Crippen molar-refractivity contribution < 1.29 is 22.4 Å². The van der Waals surface area contributed by atoms with Crippen molar-refractivity contribution in [2.45, 2.75) is 13.3 Å². The minimum absolute atomic E-state index is 0.0896. The molecule has 0 aliphatic rings. The van der Waals surface area contributed by atoms with E-state index in [0.717, 1.165) is 16.6 Å². The van der Waals surface area contributed by atoms with E-state index in [1.54, 1.807) is 0 Å². The molecule has 29 heavy (non-hydrogen) atoms. The molecule has 1 heterocycles. The lowest BCUT2D eigenvalue weighted by atomic mass is 10.1. The van der Waals surface area contributed by atoms with Gasteiger partial charge in [0.25, 0.3) is 0 Å². The number of fused-ring (bicyclic) bond motifs is 1. The molecule has 152 valence electrons. The average molecular weight is 516 g/mol. The molecule has 0 spiro atoms. The number of hydrogen-bond donors (Lipinski definition) is 1. The third kappa shape index (κ3) is 4.09. The first-order valence-corrected chi connectivity index (χ1v) is 10.1. The van der Waals surface area contributed by atoms with Crippen LogP contribution in [0.3, 0.4) is 0 Å². The number of amides is 1. The van der Waals surface area contributed by atoms with Gasteiger partial charge in [-0.1, -0.05) is 22.6 Å². The Morgan fingerprint density at radius 3 is 2.48 bits per heavy atom. The van der Waals surface area contributed by atoms with Crippen LogP contribution in [0.2, 0.25) is 0 Å². The van der Waals surface area contributed by atoms with Gasteiger partial charge >= 0.3 is 0 Å². The van der Waals surface area contributed by atoms with Crippen LogP contribution in [-0.2, 0) is 4.79 Å². The first-order valence-electron chi connectivity index (χ1n) is 8.60. The van der Waals surface area contributed by atoms with Crippen LogP contribution < -0.4 is 16.1 Å². The molecule has 1 amide bonds. The van der Waals surface area contributed by atoms with Crippen molar-refractivity contribution in [2.75, 3.05) is 21.6 Å². The zero-order valence-electron chi connectivity index (χ0n) is 15.3. The molecule has 5 nitrogen and oxygen atoms in total. The Bertz CT molecular complexity index is 1160. The molecule has 0 aliphatic carbocycles. The summed E-state index contributed by atoms with van der Waals surface area (Å²) in [6.07, 6.45) is 0.693. The van der Waals surface area contributed by atoms with Gasteiger partial charge in [0.2, 0.25) is 5.91 Å². The highest BCUT2D eigenvalue weighted by Gasteiger charge is 2.19. The van der Waals surface area contributed by atoms with Gasteiger partial charge in [0.1, 0.15) is 17.4 Å². The molecular weight excluding hydrogens is 500 g/mol. The van der Waals surface area contributed by atoms with Gasteiger partial charge in [-0.25, -0.2) is 13.2 Å². The maximum absolute atomic E-state index is 14.7. The van der Waals surface area contributed by atoms with Crippen LogP contribution in [0.25, 0.3) is 22.3 Å². The van der Waals surface area contributed by atoms with E-state index in [1.165, 1.54) is 24.0 Å². The van der Waals surface area contributed by atoms with Crippen LogP contribution in [0, 0.1) is 17.5 Å². The highest BCUT2D eigenvalue weighted by molar-refractivity contribution is 14.1. The topological polar surface area (TPSA) is 76.5 Å². The number of anilines is 2. The Kier molecular flexibility index (Phi) is 6.15. The molecule has 0 atom stereocenters. The number of carbonyl (C=O) groups excluding carboxylic acids is 1. The van der Waals surface area contributed by atoms with Gasteiger partial charge in [0.05, 0.1) is 16.8 Å². The number of hydrogen-bond acceptors (Lipinski definition) is 4. The van der Waals surface area contributed by atoms with Crippen molar-refractivity contribution in [3.8, 4) is 11.3 Å². The average Bonchev–Trinajstić information content (AvgIpc) is 2.66. The Hall–Kier alpha value is -2.56. The predicted octanol–water partition coefficient (Wildman–Crippen LogP) is 4.64. The monoisotopic (exact) mass is 516 g/mol. The smallest absolute Gasteiger partial charge is 0.223 e. The first kappa shape index (κ1) is 21.2. The fourth-order valence-electron chi connectivity index (χ4n) is 2.98. The third-order valence-corrected chi connectivity index (χ3v) is 5.13. The molecule has 3 aromatic rings. The second kappa shape index (κ2) is 8.44. The van der Waals surface area contributed by atoms with E-state index in [4.69, 9.17) is 10.2 Å². The van der Waals surface area contributed by atoms with Crippen molar-refractivity contribution in [3.05, 3.63) is 58.0 Å². The zero-order valence-corrected chi connectivity index (χ0v) is 17.4. The maximum atomic E-state index is 14.7. The summed E-state index contributed by atoms with van der Waals surface area (Å²) in [6, 6.07) is 5.44. The molecule has 3 rings (SSSR count). The second-order valence-electron chi connectivity index (χ2n) is 6.31. The van der Waals surface area contributed by atoms with E-state index in [1.807, 2.05) is 0 Å². The Balaban J connectivity index is 2.10. The summed E-state index contributed by atoms with van der Waals surface area (Å²) in [5.41, 5.74) is 3.99. The number of halogens is 4. The van der Waals surface area contributed by atoms with Crippen molar-refractivity contribution in [1.29, 1.82) is 0 Å². The Morgan fingerprint density at radius 1 is 1.14 bits per heavy atom. The largest absolute Gasteiger partial charge is 0.453 e. The highest BCUT2D eigenvalue weighted by Crippen LogP contribution is 2.31. The molecule has 0 saturated carbocycles. The number of alkyl halides is 1. The summed E-state index contributed by atoms with van der Waals surface area (Å²) in [7, 11) is 0. The fourth-order valence-corrected chi connectivity index (χ4v) is 3.32. The van der Waals surface area contributed by atoms with Crippen LogP contribution in [0.5, 0.6) is 0 Å². The molecule has 0 aliphatic heterocycles. The van der Waals surface area contributed by atoms with Crippen LogP contribution in [-0.4, -0.2) is 16.9 Å². The normalized spacial score (nSPS) is 11.1. The number of nitrogen functional groups attached to an aromatic ring is 1. The summed E-state index contributed by atoms with van der Waals surface area (Å²) < 4.78 is 48.6. The summed E-state index contributed by atoms with van der Waals surface area (Å²) in [4.78, 5) is 25.5. The van der Waals surface area contributed by atoms with Crippen molar-refractivity contribution in [3.63, 3.8) is 0 Å². The van der Waals surface area contributed by atoms with Crippen LogP contribution in [0.1, 0.15) is 13.3 Å². The lowest BCUT2D eigenvalue weighted by Gasteiger charge is -2.21. The summed E-state index contributed by atoms with van der Waals surface area (Å²) in [6.45, 7) is 1.70. The predicted molar refractivity (Wildman–Crippen MR) is 114 cm³/mol. The van der Waals surface area contributed by atoms with E-state index < -0.39 is 39.5 Å². The summed E-state index contributed by atoms with van der Waals surface area (Å²) in [5, 5.41) is -0.412. The molecule has 0 fully saturated rings. The van der Waals surface area contributed by atoms with E-state index >= 15 is 0 Å². The molecule has 2 N–H and O–H groups in total. The number of carbonyl (C=O) groups is 1. The van der Waals surface area contributed by atoms with E-state index in [-0.39, 0.29) is 22.9 Å². The van der Waals surface area contributed by atoms with Crippen LogP contribution >= 0.6 is 22.6 Å². The second-order valence-corrected chi connectivity index (χ2v) is 7.39. The molecule has 2 aromatic carbocycles. The lowest BCUT2D eigenvalue weighted by molar-refractivity contribution is -0.116. The van der Waals surface area contributed by atoms with Gasteiger partial charge in [-0.2, -0.15) is 0 Å². The maximum Gasteiger partial charge on any atom is 0.223 e. The quantitative estimate of drug-likeness (QED) is 0.305. The van der Waals surface area contributed by atoms with Crippen molar-refractivity contribution in [2.24, 2.45) is 0 Å². The summed E-state index contributed by atoms with van der Waals surface area (Å²) in [5.74, 6) is -3.28. The molecule has 0 bridgehead atoms. The highest BCUT2D eigenvalue weighted by atomic mass is 127. The van der Waals surface area contributed by atoms with Gasteiger partial charge in [-0.3, -0.25) is 9.59 Å². The zero-order chi connectivity index (χ0) is 21.3. The third-order valence-electron chi connectivity index (χ3n) is 4.36. The molecule has 0 unspecified atom stereocenters. The number of rotatable bonds is 5. The number of nitrogens with zero attached hydrogens (tertiary/aromatic N) is 1. The van der Waals surface area contributed by atoms with Gasteiger partial charge in [-0.05, 0) is 24.6 Å².